The van der Waals surface area contributed by atoms with Gasteiger partial charge >= 0.3 is 0 Å². The fourth-order valence-electron chi connectivity index (χ4n) is 1.44. The normalized spacial score (nSPS) is 10.2. The molecule has 0 radical (unpaired) electrons. The number of carbonyl (C=O) groups is 1. The van der Waals surface area contributed by atoms with E-state index in [1.165, 1.54) is 11.3 Å². The van der Waals surface area contributed by atoms with E-state index >= 15 is 0 Å². The SMILES string of the molecule is COc1cccc(CCc2ncc(C=O)s2)n1. The first kappa shape index (κ1) is 11.7. The van der Waals surface area contributed by atoms with Crippen molar-refractivity contribution in [1.82, 2.24) is 9.97 Å². The van der Waals surface area contributed by atoms with Crippen LogP contribution in [0.5, 0.6) is 5.88 Å². The third-order valence-electron chi connectivity index (χ3n) is 2.27. The number of hydrogen-bond acceptors (Lipinski definition) is 5. The van der Waals surface area contributed by atoms with E-state index in [1.54, 1.807) is 13.3 Å². The Balaban J connectivity index is 1.99. The summed E-state index contributed by atoms with van der Waals surface area (Å²) in [5, 5.41) is 0.955. The van der Waals surface area contributed by atoms with Crippen molar-refractivity contribution >= 4 is 17.6 Å². The Labute approximate surface area is 103 Å². The Morgan fingerprint density at radius 2 is 2.29 bits per heavy atom. The van der Waals surface area contributed by atoms with Crippen LogP contribution in [-0.2, 0) is 12.8 Å². The molecule has 0 saturated carbocycles. The van der Waals surface area contributed by atoms with Crippen LogP contribution < -0.4 is 4.74 Å². The number of carbonyl (C=O) groups excluding carboxylic acids is 1. The number of nitrogens with zero attached hydrogens (tertiary/aromatic N) is 2. The molecule has 5 heteroatoms. The van der Waals surface area contributed by atoms with Crippen LogP contribution in [0.3, 0.4) is 0 Å². The molecular weight excluding hydrogens is 236 g/mol. The molecule has 0 aromatic carbocycles. The molecule has 0 unspecified atom stereocenters. The van der Waals surface area contributed by atoms with Gasteiger partial charge in [0.1, 0.15) is 0 Å². The maximum absolute atomic E-state index is 10.5. The molecule has 0 aliphatic heterocycles. The van der Waals surface area contributed by atoms with Gasteiger partial charge < -0.3 is 4.74 Å². The summed E-state index contributed by atoms with van der Waals surface area (Å²) in [5.41, 5.74) is 0.965. The van der Waals surface area contributed by atoms with E-state index in [9.17, 15) is 4.79 Å². The molecule has 0 N–H and O–H groups in total. The lowest BCUT2D eigenvalue weighted by Gasteiger charge is -2.01. The number of ether oxygens (including phenoxy) is 1. The van der Waals surface area contributed by atoms with E-state index < -0.39 is 0 Å². The number of aryl methyl sites for hydroxylation is 2. The maximum Gasteiger partial charge on any atom is 0.213 e. The van der Waals surface area contributed by atoms with Crippen LogP contribution in [0.2, 0.25) is 0 Å². The van der Waals surface area contributed by atoms with Gasteiger partial charge in [-0.1, -0.05) is 6.07 Å². The summed E-state index contributed by atoms with van der Waals surface area (Å²) in [5.74, 6) is 0.621. The van der Waals surface area contributed by atoms with Gasteiger partial charge in [0, 0.05) is 24.4 Å². The number of aldehydes is 1. The molecule has 0 atom stereocenters. The summed E-state index contributed by atoms with van der Waals surface area (Å²) in [6.07, 6.45) is 4.01. The third kappa shape index (κ3) is 3.10. The summed E-state index contributed by atoms with van der Waals surface area (Å²) >= 11 is 1.42. The number of thiazole rings is 1. The van der Waals surface area contributed by atoms with Crippen molar-refractivity contribution < 1.29 is 9.53 Å². The van der Waals surface area contributed by atoms with Crippen LogP contribution in [0.15, 0.2) is 24.4 Å². The fourth-order valence-corrected chi connectivity index (χ4v) is 2.18. The second kappa shape index (κ2) is 5.54. The highest BCUT2D eigenvalue weighted by atomic mass is 32.1. The van der Waals surface area contributed by atoms with Crippen molar-refractivity contribution in [1.29, 1.82) is 0 Å². The standard InChI is InChI=1S/C12H12N2O2S/c1-16-11-4-2-3-9(14-11)5-6-12-13-7-10(8-15)17-12/h2-4,7-8H,5-6H2,1H3. The van der Waals surface area contributed by atoms with Gasteiger partial charge in [0.2, 0.25) is 5.88 Å². The molecule has 2 aromatic heterocycles. The van der Waals surface area contributed by atoms with Gasteiger partial charge in [-0.3, -0.25) is 4.79 Å². The highest BCUT2D eigenvalue weighted by molar-refractivity contribution is 7.13. The monoisotopic (exact) mass is 248 g/mol. The summed E-state index contributed by atoms with van der Waals surface area (Å²) in [4.78, 5) is 19.7. The van der Waals surface area contributed by atoms with Gasteiger partial charge in [-0.05, 0) is 12.5 Å². The number of rotatable bonds is 5. The lowest BCUT2D eigenvalue weighted by molar-refractivity contribution is 0.112. The highest BCUT2D eigenvalue weighted by Gasteiger charge is 2.03. The van der Waals surface area contributed by atoms with Crippen molar-refractivity contribution in [3.05, 3.63) is 40.0 Å². The van der Waals surface area contributed by atoms with E-state index in [4.69, 9.17) is 4.74 Å². The molecule has 0 aliphatic carbocycles. The molecule has 17 heavy (non-hydrogen) atoms. The minimum absolute atomic E-state index is 0.621. The Hall–Kier alpha value is -1.75. The summed E-state index contributed by atoms with van der Waals surface area (Å²) in [6, 6.07) is 5.69. The van der Waals surface area contributed by atoms with Gasteiger partial charge in [-0.15, -0.1) is 11.3 Å². The quantitative estimate of drug-likeness (QED) is 0.761. The van der Waals surface area contributed by atoms with Crippen molar-refractivity contribution in [2.45, 2.75) is 12.8 Å². The van der Waals surface area contributed by atoms with Crippen molar-refractivity contribution in [3.63, 3.8) is 0 Å². The van der Waals surface area contributed by atoms with Crippen LogP contribution in [0.25, 0.3) is 0 Å². The first-order valence-electron chi connectivity index (χ1n) is 5.21. The predicted molar refractivity (Wildman–Crippen MR) is 65.7 cm³/mol. The zero-order valence-corrected chi connectivity index (χ0v) is 10.2. The largest absolute Gasteiger partial charge is 0.481 e. The molecule has 4 nitrogen and oxygen atoms in total. The van der Waals surface area contributed by atoms with Crippen LogP contribution in [-0.4, -0.2) is 23.4 Å². The van der Waals surface area contributed by atoms with Crippen LogP contribution in [0, 0.1) is 0 Å². The fraction of sp³-hybridized carbons (Fsp3) is 0.250. The maximum atomic E-state index is 10.5. The van der Waals surface area contributed by atoms with Gasteiger partial charge in [0.15, 0.2) is 6.29 Å². The van der Waals surface area contributed by atoms with Crippen molar-refractivity contribution in [2.24, 2.45) is 0 Å². The van der Waals surface area contributed by atoms with E-state index in [2.05, 4.69) is 9.97 Å². The number of methoxy groups -OCH3 is 1. The molecule has 0 bridgehead atoms. The highest BCUT2D eigenvalue weighted by Crippen LogP contribution is 2.14. The van der Waals surface area contributed by atoms with E-state index in [-0.39, 0.29) is 0 Å². The Morgan fingerprint density at radius 3 is 3.00 bits per heavy atom. The molecule has 2 aromatic rings. The lowest BCUT2D eigenvalue weighted by atomic mass is 10.2. The molecule has 88 valence electrons. The molecule has 0 spiro atoms. The number of pyridine rings is 1. The number of hydrogen-bond donors (Lipinski definition) is 0. The van der Waals surface area contributed by atoms with Gasteiger partial charge in [-0.25, -0.2) is 9.97 Å². The summed E-state index contributed by atoms with van der Waals surface area (Å²) in [7, 11) is 1.60. The average Bonchev–Trinajstić information content (AvgIpc) is 2.84. The zero-order chi connectivity index (χ0) is 12.1. The van der Waals surface area contributed by atoms with Crippen LogP contribution >= 0.6 is 11.3 Å². The molecular formula is C12H12N2O2S. The van der Waals surface area contributed by atoms with Crippen molar-refractivity contribution in [3.8, 4) is 5.88 Å². The minimum Gasteiger partial charge on any atom is -0.481 e. The zero-order valence-electron chi connectivity index (χ0n) is 9.42. The molecule has 2 rings (SSSR count). The lowest BCUT2D eigenvalue weighted by Crippen LogP contribution is -1.96. The van der Waals surface area contributed by atoms with E-state index in [0.29, 0.717) is 10.8 Å². The Morgan fingerprint density at radius 1 is 1.41 bits per heavy atom. The molecule has 0 saturated heterocycles. The second-order valence-electron chi connectivity index (χ2n) is 3.45. The van der Waals surface area contributed by atoms with Gasteiger partial charge in [0.05, 0.1) is 17.0 Å². The third-order valence-corrected chi connectivity index (χ3v) is 3.26. The van der Waals surface area contributed by atoms with Gasteiger partial charge in [-0.2, -0.15) is 0 Å². The molecule has 2 heterocycles. The Kier molecular flexibility index (Phi) is 3.82. The van der Waals surface area contributed by atoms with Crippen LogP contribution in [0.4, 0.5) is 0 Å². The molecule has 0 aliphatic rings. The second-order valence-corrected chi connectivity index (χ2v) is 4.59. The first-order chi connectivity index (χ1) is 8.31. The van der Waals surface area contributed by atoms with Crippen LogP contribution in [0.1, 0.15) is 20.4 Å². The van der Waals surface area contributed by atoms with Crippen molar-refractivity contribution in [2.75, 3.05) is 7.11 Å². The predicted octanol–water partition coefficient (Wildman–Crippen LogP) is 2.14. The van der Waals surface area contributed by atoms with Gasteiger partial charge in [0.25, 0.3) is 0 Å². The molecule has 0 amide bonds. The number of aromatic nitrogens is 2. The topological polar surface area (TPSA) is 52.1 Å². The Bertz CT molecular complexity index is 511. The minimum atomic E-state index is 0.621. The average molecular weight is 248 g/mol. The first-order valence-corrected chi connectivity index (χ1v) is 6.03. The summed E-state index contributed by atoms with van der Waals surface area (Å²) < 4.78 is 5.06. The molecule has 0 fully saturated rings. The van der Waals surface area contributed by atoms with E-state index in [1.807, 2.05) is 18.2 Å². The summed E-state index contributed by atoms with van der Waals surface area (Å²) in [6.45, 7) is 0. The smallest absolute Gasteiger partial charge is 0.213 e. The van der Waals surface area contributed by atoms with E-state index in [0.717, 1.165) is 29.8 Å².